The zero-order valence-corrected chi connectivity index (χ0v) is 19.5. The summed E-state index contributed by atoms with van der Waals surface area (Å²) >= 11 is 0. The van der Waals surface area contributed by atoms with Crippen molar-refractivity contribution in [3.63, 3.8) is 0 Å². The van der Waals surface area contributed by atoms with E-state index in [0.717, 1.165) is 49.4 Å². The first-order valence-electron chi connectivity index (χ1n) is 11.7. The molecule has 6 heteroatoms. The Balaban J connectivity index is 1.50. The van der Waals surface area contributed by atoms with Gasteiger partial charge in [0, 0.05) is 29.2 Å². The summed E-state index contributed by atoms with van der Waals surface area (Å²) in [5.74, 6) is 0.946. The molecule has 1 aliphatic heterocycles. The fourth-order valence-electron chi connectivity index (χ4n) is 5.31. The van der Waals surface area contributed by atoms with Gasteiger partial charge in [-0.05, 0) is 87.0 Å². The van der Waals surface area contributed by atoms with Gasteiger partial charge in [-0.2, -0.15) is 5.10 Å². The number of nitrogens with zero attached hydrogens (tertiary/aromatic N) is 4. The number of β-amino-alcohol motifs (C(OH)–C–C–N with tert-alkyl or cyclic N) is 1. The number of aliphatic hydroxyl groups is 1. The molecular formula is C26H33N5O. The van der Waals surface area contributed by atoms with E-state index in [0.29, 0.717) is 11.8 Å². The van der Waals surface area contributed by atoms with Crippen LogP contribution < -0.4 is 0 Å². The summed E-state index contributed by atoms with van der Waals surface area (Å²) in [5.41, 5.74) is 6.42. The Labute approximate surface area is 189 Å². The number of likely N-dealkylation sites (tertiary alicyclic amines) is 1. The molecule has 1 aliphatic rings. The molecule has 1 fully saturated rings. The van der Waals surface area contributed by atoms with Crippen LogP contribution in [-0.4, -0.2) is 54.8 Å². The highest BCUT2D eigenvalue weighted by atomic mass is 16.3. The highest BCUT2D eigenvalue weighted by molar-refractivity contribution is 5.94. The predicted molar refractivity (Wildman–Crippen MR) is 129 cm³/mol. The maximum absolute atomic E-state index is 10.1. The van der Waals surface area contributed by atoms with Gasteiger partial charge in [0.2, 0.25) is 0 Å². The molecule has 3 aromatic heterocycles. The summed E-state index contributed by atoms with van der Waals surface area (Å²) in [4.78, 5) is 10.6. The number of rotatable bonds is 5. The first-order valence-corrected chi connectivity index (χ1v) is 11.7. The Hall–Kier alpha value is -2.70. The smallest absolute Gasteiger partial charge is 0.164 e. The lowest BCUT2D eigenvalue weighted by Gasteiger charge is -2.35. The van der Waals surface area contributed by atoms with Crippen LogP contribution in [0.3, 0.4) is 0 Å². The average molecular weight is 432 g/mol. The quantitative estimate of drug-likeness (QED) is 0.469. The van der Waals surface area contributed by atoms with Gasteiger partial charge < -0.3 is 15.0 Å². The number of nitrogens with one attached hydrogen (secondary N) is 1. The summed E-state index contributed by atoms with van der Waals surface area (Å²) in [7, 11) is 0. The first-order chi connectivity index (χ1) is 15.3. The van der Waals surface area contributed by atoms with Crippen molar-refractivity contribution < 1.29 is 5.11 Å². The van der Waals surface area contributed by atoms with E-state index in [1.54, 1.807) is 6.33 Å². The lowest BCUT2D eigenvalue weighted by molar-refractivity contribution is 0.0282. The molecule has 5 rings (SSSR count). The maximum Gasteiger partial charge on any atom is 0.164 e. The van der Waals surface area contributed by atoms with E-state index in [1.807, 2.05) is 30.6 Å². The minimum atomic E-state index is -0.632. The van der Waals surface area contributed by atoms with Gasteiger partial charge in [0.15, 0.2) is 5.65 Å². The summed E-state index contributed by atoms with van der Waals surface area (Å²) in [6, 6.07) is 11.1. The number of fused-ring (bicyclic) bond motifs is 2. The molecule has 0 saturated carbocycles. The molecule has 0 radical (unpaired) electrons. The number of aromatic nitrogens is 4. The lowest BCUT2D eigenvalue weighted by atomic mass is 9.87. The first kappa shape index (κ1) is 21.2. The van der Waals surface area contributed by atoms with Crippen LogP contribution in [0.1, 0.15) is 63.5 Å². The molecule has 32 heavy (non-hydrogen) atoms. The second-order valence-electron chi connectivity index (χ2n) is 10.2. The average Bonchev–Trinajstić information content (AvgIpc) is 3.37. The maximum atomic E-state index is 10.1. The van der Waals surface area contributed by atoms with Crippen LogP contribution in [-0.2, 0) is 0 Å². The van der Waals surface area contributed by atoms with Crippen molar-refractivity contribution in [2.24, 2.45) is 0 Å². The third kappa shape index (κ3) is 3.93. The van der Waals surface area contributed by atoms with Crippen molar-refractivity contribution in [3.05, 3.63) is 54.0 Å². The Bertz CT molecular complexity index is 1240. The number of H-pyrrole nitrogens is 1. The fraction of sp³-hybridized carbons (Fsp3) is 0.462. The van der Waals surface area contributed by atoms with Gasteiger partial charge in [0.1, 0.15) is 6.33 Å². The number of benzene rings is 1. The second-order valence-corrected chi connectivity index (χ2v) is 10.2. The molecule has 6 nitrogen and oxygen atoms in total. The third-order valence-electron chi connectivity index (χ3n) is 6.68. The molecule has 0 aliphatic carbocycles. The number of hydrogen-bond acceptors (Lipinski definition) is 4. The number of hydrogen-bond donors (Lipinski definition) is 2. The Morgan fingerprint density at radius 3 is 2.69 bits per heavy atom. The molecule has 168 valence electrons. The Kier molecular flexibility index (Phi) is 5.30. The molecular weight excluding hydrogens is 398 g/mol. The van der Waals surface area contributed by atoms with Crippen molar-refractivity contribution in [3.8, 4) is 11.3 Å². The van der Waals surface area contributed by atoms with Gasteiger partial charge in [-0.15, -0.1) is 0 Å². The third-order valence-corrected chi connectivity index (χ3v) is 6.68. The van der Waals surface area contributed by atoms with E-state index in [1.165, 1.54) is 22.0 Å². The van der Waals surface area contributed by atoms with Crippen molar-refractivity contribution in [1.29, 1.82) is 0 Å². The molecule has 2 N–H and O–H groups in total. The monoisotopic (exact) mass is 431 g/mol. The van der Waals surface area contributed by atoms with Gasteiger partial charge in [-0.25, -0.2) is 9.50 Å². The molecule has 0 atom stereocenters. The largest absolute Gasteiger partial charge is 0.389 e. The topological polar surface area (TPSA) is 69.5 Å². The summed E-state index contributed by atoms with van der Waals surface area (Å²) in [6.07, 6.45) is 5.81. The second kappa shape index (κ2) is 8.01. The lowest BCUT2D eigenvalue weighted by Crippen LogP contribution is -2.42. The highest BCUT2D eigenvalue weighted by Crippen LogP contribution is 2.39. The number of piperidine rings is 1. The van der Waals surface area contributed by atoms with Gasteiger partial charge in [0.05, 0.1) is 11.3 Å². The van der Waals surface area contributed by atoms with Crippen LogP contribution >= 0.6 is 0 Å². The molecule has 1 saturated heterocycles. The van der Waals surface area contributed by atoms with Crippen LogP contribution in [0.2, 0.25) is 0 Å². The Morgan fingerprint density at radius 2 is 1.97 bits per heavy atom. The van der Waals surface area contributed by atoms with Crippen molar-refractivity contribution in [2.75, 3.05) is 19.6 Å². The van der Waals surface area contributed by atoms with Crippen LogP contribution in [0.25, 0.3) is 27.8 Å². The van der Waals surface area contributed by atoms with E-state index in [4.69, 9.17) is 0 Å². The van der Waals surface area contributed by atoms with Gasteiger partial charge >= 0.3 is 0 Å². The highest BCUT2D eigenvalue weighted by Gasteiger charge is 2.26. The molecule has 0 bridgehead atoms. The van der Waals surface area contributed by atoms with Crippen molar-refractivity contribution >= 4 is 16.6 Å². The van der Waals surface area contributed by atoms with E-state index >= 15 is 0 Å². The van der Waals surface area contributed by atoms with E-state index in [9.17, 15) is 5.11 Å². The van der Waals surface area contributed by atoms with Crippen molar-refractivity contribution in [2.45, 2.75) is 58.0 Å². The summed E-state index contributed by atoms with van der Waals surface area (Å²) in [6.45, 7) is 11.1. The molecule has 1 aromatic carbocycles. The van der Waals surface area contributed by atoms with E-state index in [2.05, 4.69) is 58.1 Å². The van der Waals surface area contributed by atoms with Gasteiger partial charge in [-0.3, -0.25) is 0 Å². The normalized spacial score (nSPS) is 16.6. The number of pyridine rings is 1. The molecule has 0 spiro atoms. The van der Waals surface area contributed by atoms with Crippen LogP contribution in [0.4, 0.5) is 0 Å². The number of aromatic amines is 1. The van der Waals surface area contributed by atoms with Crippen LogP contribution in [0, 0.1) is 0 Å². The predicted octanol–water partition coefficient (Wildman–Crippen LogP) is 4.95. The van der Waals surface area contributed by atoms with Crippen LogP contribution in [0.15, 0.2) is 42.9 Å². The van der Waals surface area contributed by atoms with E-state index < -0.39 is 5.60 Å². The van der Waals surface area contributed by atoms with Gasteiger partial charge in [-0.1, -0.05) is 19.9 Å². The minimum absolute atomic E-state index is 0.380. The summed E-state index contributed by atoms with van der Waals surface area (Å²) < 4.78 is 1.83. The fourth-order valence-corrected chi connectivity index (χ4v) is 5.31. The van der Waals surface area contributed by atoms with Crippen LogP contribution in [0.5, 0.6) is 0 Å². The zero-order chi connectivity index (χ0) is 22.5. The summed E-state index contributed by atoms with van der Waals surface area (Å²) in [5, 5.41) is 15.8. The van der Waals surface area contributed by atoms with Gasteiger partial charge in [0.25, 0.3) is 0 Å². The standard InChI is InChI=1S/C26H33N5O/c1-17(2)23-21-14-19(18-9-12-30(13-10-18)15-26(3,4)32)7-8-22(21)29-24(23)20-6-5-11-31-25(20)27-16-28-31/h5-8,11,14,16-18,29,32H,9-10,12-13,15H2,1-4H3. The molecule has 0 amide bonds. The minimum Gasteiger partial charge on any atom is -0.389 e. The molecule has 4 heterocycles. The Morgan fingerprint density at radius 1 is 1.19 bits per heavy atom. The molecule has 4 aromatic rings. The van der Waals surface area contributed by atoms with E-state index in [-0.39, 0.29) is 0 Å². The molecule has 0 unspecified atom stereocenters. The SMILES string of the molecule is CC(C)c1c(-c2cccn3ncnc23)[nH]c2ccc(C3CCN(CC(C)(C)O)CC3)cc12. The van der Waals surface area contributed by atoms with Crippen molar-refractivity contribution in [1.82, 2.24) is 24.5 Å². The zero-order valence-electron chi connectivity index (χ0n) is 19.5.